The molecule has 0 fully saturated rings. The van der Waals surface area contributed by atoms with Crippen LogP contribution in [-0.4, -0.2) is 22.1 Å². The quantitative estimate of drug-likeness (QED) is 0.514. The lowest BCUT2D eigenvalue weighted by Crippen LogP contribution is -2.36. The molecule has 0 radical (unpaired) electrons. The van der Waals surface area contributed by atoms with Gasteiger partial charge in [0.15, 0.2) is 5.96 Å². The second-order valence-electron chi connectivity index (χ2n) is 5.81. The third kappa shape index (κ3) is 4.49. The lowest BCUT2D eigenvalue weighted by molar-refractivity contribution is 0.613. The van der Waals surface area contributed by atoms with Gasteiger partial charge in [-0.05, 0) is 53.9 Å². The second-order valence-corrected chi connectivity index (χ2v) is 6.59. The molecule has 0 aliphatic heterocycles. The fourth-order valence-corrected chi connectivity index (χ4v) is 3.23. The zero-order chi connectivity index (χ0) is 18.4. The predicted octanol–water partition coefficient (Wildman–Crippen LogP) is 3.64. The van der Waals surface area contributed by atoms with Gasteiger partial charge in [0.1, 0.15) is 11.6 Å². The van der Waals surface area contributed by atoms with Crippen molar-refractivity contribution in [2.24, 2.45) is 4.99 Å². The number of aryl methyl sites for hydroxylation is 1. The van der Waals surface area contributed by atoms with Crippen LogP contribution in [0.3, 0.4) is 0 Å². The number of hydrogen-bond donors (Lipinski definition) is 2. The maximum absolute atomic E-state index is 14.5. The zero-order valence-corrected chi connectivity index (χ0v) is 15.7. The first-order valence-corrected chi connectivity index (χ1v) is 9.43. The molecular weight excluding hydrogens is 349 g/mol. The van der Waals surface area contributed by atoms with Crippen LogP contribution in [0, 0.1) is 12.7 Å². The number of rotatable bonds is 6. The Kier molecular flexibility index (Phi) is 6.01. The van der Waals surface area contributed by atoms with Gasteiger partial charge in [0, 0.05) is 25.5 Å². The first-order valence-electron chi connectivity index (χ1n) is 8.49. The third-order valence-corrected chi connectivity index (χ3v) is 4.63. The Morgan fingerprint density at radius 1 is 1.27 bits per heavy atom. The van der Waals surface area contributed by atoms with Crippen LogP contribution in [0.1, 0.15) is 23.9 Å². The molecular formula is C19H22FN5S. The van der Waals surface area contributed by atoms with Crippen LogP contribution in [0.5, 0.6) is 0 Å². The van der Waals surface area contributed by atoms with Crippen molar-refractivity contribution in [3.63, 3.8) is 0 Å². The fourth-order valence-electron chi connectivity index (χ4n) is 2.57. The minimum atomic E-state index is -0.273. The number of hydrogen-bond acceptors (Lipinski definition) is 3. The molecule has 0 aliphatic rings. The maximum Gasteiger partial charge on any atom is 0.191 e. The molecule has 3 aromatic rings. The van der Waals surface area contributed by atoms with Crippen LogP contribution in [-0.2, 0) is 13.1 Å². The highest BCUT2D eigenvalue weighted by Gasteiger charge is 2.08. The number of benzene rings is 1. The van der Waals surface area contributed by atoms with Crippen molar-refractivity contribution in [1.29, 1.82) is 0 Å². The number of imidazole rings is 1. The van der Waals surface area contributed by atoms with Crippen molar-refractivity contribution >= 4 is 17.3 Å². The smallest absolute Gasteiger partial charge is 0.191 e. The second kappa shape index (κ2) is 8.62. The molecule has 1 aromatic carbocycles. The molecule has 0 spiro atoms. The summed E-state index contributed by atoms with van der Waals surface area (Å²) in [5.74, 6) is 1.20. The number of aromatic nitrogens is 2. The Morgan fingerprint density at radius 2 is 2.15 bits per heavy atom. The van der Waals surface area contributed by atoms with Crippen LogP contribution in [0.15, 0.2) is 52.4 Å². The Labute approximate surface area is 156 Å². The highest BCUT2D eigenvalue weighted by molar-refractivity contribution is 7.07. The summed E-state index contributed by atoms with van der Waals surface area (Å²) in [4.78, 5) is 8.70. The molecule has 5 nitrogen and oxygen atoms in total. The minimum absolute atomic E-state index is 0.273. The summed E-state index contributed by atoms with van der Waals surface area (Å²) in [7, 11) is 0. The molecule has 7 heteroatoms. The normalized spacial score (nSPS) is 11.6. The van der Waals surface area contributed by atoms with Crippen LogP contribution in [0.4, 0.5) is 4.39 Å². The Morgan fingerprint density at radius 3 is 2.81 bits per heavy atom. The van der Waals surface area contributed by atoms with Gasteiger partial charge in [-0.25, -0.2) is 14.4 Å². The molecule has 2 N–H and O–H groups in total. The summed E-state index contributed by atoms with van der Waals surface area (Å²) in [6, 6.07) is 7.29. The van der Waals surface area contributed by atoms with E-state index < -0.39 is 0 Å². The lowest BCUT2D eigenvalue weighted by atomic mass is 10.2. The average Bonchev–Trinajstić information content (AvgIpc) is 3.29. The van der Waals surface area contributed by atoms with E-state index in [0.717, 1.165) is 17.9 Å². The van der Waals surface area contributed by atoms with Gasteiger partial charge >= 0.3 is 0 Å². The van der Waals surface area contributed by atoms with Crippen LogP contribution < -0.4 is 10.6 Å². The zero-order valence-electron chi connectivity index (χ0n) is 14.9. The lowest BCUT2D eigenvalue weighted by Gasteiger charge is -2.12. The van der Waals surface area contributed by atoms with Crippen molar-refractivity contribution in [3.8, 4) is 5.69 Å². The minimum Gasteiger partial charge on any atom is -0.357 e. The predicted molar refractivity (Wildman–Crippen MR) is 104 cm³/mol. The van der Waals surface area contributed by atoms with Gasteiger partial charge in [-0.1, -0.05) is 6.07 Å². The Balaban J connectivity index is 1.66. The van der Waals surface area contributed by atoms with E-state index in [1.807, 2.05) is 25.3 Å². The summed E-state index contributed by atoms with van der Waals surface area (Å²) in [6.45, 7) is 5.75. The molecule has 26 heavy (non-hydrogen) atoms. The molecule has 0 saturated heterocycles. The summed E-state index contributed by atoms with van der Waals surface area (Å²) in [5, 5.41) is 10.6. The monoisotopic (exact) mass is 371 g/mol. The first kappa shape index (κ1) is 18.1. The molecule has 0 saturated carbocycles. The SMILES string of the molecule is CCNC(=NCc1ccsc1)NCc1ccc(-n2ccnc2C)c(F)c1. The maximum atomic E-state index is 14.5. The number of nitrogens with zero attached hydrogens (tertiary/aromatic N) is 3. The molecule has 0 amide bonds. The molecule has 0 atom stereocenters. The molecule has 0 bridgehead atoms. The van der Waals surface area contributed by atoms with E-state index in [9.17, 15) is 4.39 Å². The van der Waals surface area contributed by atoms with Crippen molar-refractivity contribution in [2.75, 3.05) is 6.54 Å². The van der Waals surface area contributed by atoms with E-state index in [1.54, 1.807) is 40.4 Å². The van der Waals surface area contributed by atoms with Gasteiger partial charge in [-0.2, -0.15) is 11.3 Å². The van der Waals surface area contributed by atoms with Crippen molar-refractivity contribution in [2.45, 2.75) is 26.9 Å². The van der Waals surface area contributed by atoms with E-state index in [4.69, 9.17) is 0 Å². The van der Waals surface area contributed by atoms with E-state index in [0.29, 0.717) is 24.7 Å². The largest absolute Gasteiger partial charge is 0.357 e. The summed E-state index contributed by atoms with van der Waals surface area (Å²) in [5.41, 5.74) is 2.53. The average molecular weight is 371 g/mol. The third-order valence-electron chi connectivity index (χ3n) is 3.90. The first-order chi connectivity index (χ1) is 12.7. The Bertz CT molecular complexity index is 870. The number of halogens is 1. The molecule has 0 unspecified atom stereocenters. The number of nitrogens with one attached hydrogen (secondary N) is 2. The van der Waals surface area contributed by atoms with Gasteiger partial charge in [-0.15, -0.1) is 0 Å². The van der Waals surface area contributed by atoms with Gasteiger partial charge < -0.3 is 15.2 Å². The van der Waals surface area contributed by atoms with Crippen molar-refractivity contribution in [1.82, 2.24) is 20.2 Å². The van der Waals surface area contributed by atoms with Gasteiger partial charge in [-0.3, -0.25) is 0 Å². The topological polar surface area (TPSA) is 54.2 Å². The fraction of sp³-hybridized carbons (Fsp3) is 0.263. The number of aliphatic imine (C=N–C) groups is 1. The van der Waals surface area contributed by atoms with Gasteiger partial charge in [0.25, 0.3) is 0 Å². The summed E-state index contributed by atoms with van der Waals surface area (Å²) >= 11 is 1.66. The molecule has 136 valence electrons. The molecule has 2 heterocycles. The van der Waals surface area contributed by atoms with Gasteiger partial charge in [0.2, 0.25) is 0 Å². The van der Waals surface area contributed by atoms with Gasteiger partial charge in [0.05, 0.1) is 12.2 Å². The van der Waals surface area contributed by atoms with Crippen molar-refractivity contribution in [3.05, 3.63) is 70.2 Å². The molecule has 0 aliphatic carbocycles. The van der Waals surface area contributed by atoms with E-state index in [-0.39, 0.29) is 5.82 Å². The molecule has 2 aromatic heterocycles. The number of thiophene rings is 1. The van der Waals surface area contributed by atoms with E-state index >= 15 is 0 Å². The standard InChI is InChI=1S/C19H22FN5S/c1-3-21-19(24-12-16-6-9-26-13-16)23-11-15-4-5-18(17(20)10-15)25-8-7-22-14(25)2/h4-10,13H,3,11-12H2,1-2H3,(H2,21,23,24). The van der Waals surface area contributed by atoms with Crippen LogP contribution in [0.2, 0.25) is 0 Å². The Hall–Kier alpha value is -2.67. The van der Waals surface area contributed by atoms with E-state index in [2.05, 4.69) is 32.1 Å². The highest BCUT2D eigenvalue weighted by Crippen LogP contribution is 2.16. The number of guanidine groups is 1. The highest BCUT2D eigenvalue weighted by atomic mass is 32.1. The molecule has 3 rings (SSSR count). The van der Waals surface area contributed by atoms with Crippen LogP contribution >= 0.6 is 11.3 Å². The van der Waals surface area contributed by atoms with Crippen molar-refractivity contribution < 1.29 is 4.39 Å². The summed E-state index contributed by atoms with van der Waals surface area (Å²) < 4.78 is 16.2. The van der Waals surface area contributed by atoms with Crippen LogP contribution in [0.25, 0.3) is 5.69 Å². The summed E-state index contributed by atoms with van der Waals surface area (Å²) in [6.07, 6.45) is 3.42. The van der Waals surface area contributed by atoms with E-state index in [1.165, 1.54) is 5.56 Å².